The molecule has 1 aliphatic rings. The molecular weight excluding hydrogens is 428 g/mol. The summed E-state index contributed by atoms with van der Waals surface area (Å²) in [6.07, 6.45) is 6.57. The smallest absolute Gasteiger partial charge is 0.329 e. The number of para-hydroxylation sites is 1. The van der Waals surface area contributed by atoms with E-state index in [4.69, 9.17) is 9.84 Å². The van der Waals surface area contributed by atoms with Crippen LogP contribution in [0, 0.1) is 0 Å². The Hall–Kier alpha value is -1.67. The number of carboxylic acid groups (broad SMARTS) is 1. The van der Waals surface area contributed by atoms with Crippen molar-refractivity contribution in [2.75, 3.05) is 24.3 Å². The van der Waals surface area contributed by atoms with Crippen molar-refractivity contribution in [3.8, 4) is 0 Å². The van der Waals surface area contributed by atoms with E-state index in [-0.39, 0.29) is 18.8 Å². The summed E-state index contributed by atoms with van der Waals surface area (Å²) >= 11 is 3.36. The van der Waals surface area contributed by atoms with E-state index >= 15 is 0 Å². The van der Waals surface area contributed by atoms with Crippen molar-refractivity contribution in [1.82, 2.24) is 4.72 Å². The maximum absolute atomic E-state index is 10.9. The number of ether oxygens (including phenoxy) is 1. The molecule has 0 fully saturated rings. The van der Waals surface area contributed by atoms with Crippen LogP contribution in [0.5, 0.6) is 0 Å². The van der Waals surface area contributed by atoms with Crippen LogP contribution in [0.4, 0.5) is 11.4 Å². The fourth-order valence-corrected chi connectivity index (χ4v) is 5.58. The zero-order valence-electron chi connectivity index (χ0n) is 18.5. The molecule has 1 heterocycles. The van der Waals surface area contributed by atoms with Gasteiger partial charge in [-0.25, -0.2) is 4.79 Å². The van der Waals surface area contributed by atoms with E-state index in [0.717, 1.165) is 34.7 Å². The second-order valence-electron chi connectivity index (χ2n) is 7.88. The molecule has 1 unspecified atom stereocenters. The lowest BCUT2D eigenvalue weighted by atomic mass is 9.89. The maximum atomic E-state index is 10.9. The Kier molecular flexibility index (Phi) is 8.72. The molecule has 0 aliphatic carbocycles. The quantitative estimate of drug-likeness (QED) is 0.328. The SMILES string of the molecule is CCCCC1(CC)CN(c2ccccc2)c2cc(SC)c(COCC(=O)O)cc2SN1. The minimum atomic E-state index is -0.949. The van der Waals surface area contributed by atoms with E-state index in [1.807, 2.05) is 0 Å². The number of nitrogens with zero attached hydrogens (tertiary/aromatic N) is 1. The second-order valence-corrected chi connectivity index (χ2v) is 9.58. The third-order valence-corrected chi connectivity index (χ3v) is 7.63. The van der Waals surface area contributed by atoms with Gasteiger partial charge >= 0.3 is 5.97 Å². The lowest BCUT2D eigenvalue weighted by Gasteiger charge is -2.37. The number of hydrogen-bond donors (Lipinski definition) is 2. The molecule has 0 saturated heterocycles. The Morgan fingerprint density at radius 3 is 2.71 bits per heavy atom. The highest BCUT2D eigenvalue weighted by atomic mass is 32.2. The molecule has 0 bridgehead atoms. The fraction of sp³-hybridized carbons (Fsp3) is 0.458. The van der Waals surface area contributed by atoms with Gasteiger partial charge < -0.3 is 14.7 Å². The molecule has 3 rings (SSSR count). The number of aliphatic carboxylic acids is 1. The minimum Gasteiger partial charge on any atom is -0.480 e. The summed E-state index contributed by atoms with van der Waals surface area (Å²) in [5.74, 6) is -0.949. The first-order chi connectivity index (χ1) is 15.0. The summed E-state index contributed by atoms with van der Waals surface area (Å²) in [5.41, 5.74) is 3.40. The first kappa shape index (κ1) is 24.0. The molecule has 0 spiro atoms. The van der Waals surface area contributed by atoms with Crippen molar-refractivity contribution in [2.45, 2.75) is 61.5 Å². The molecule has 168 valence electrons. The van der Waals surface area contributed by atoms with E-state index < -0.39 is 5.97 Å². The summed E-state index contributed by atoms with van der Waals surface area (Å²) in [4.78, 5) is 15.6. The number of nitrogens with one attached hydrogen (secondary N) is 1. The molecule has 0 aromatic heterocycles. The van der Waals surface area contributed by atoms with Crippen molar-refractivity contribution in [2.24, 2.45) is 0 Å². The van der Waals surface area contributed by atoms with Gasteiger partial charge in [0, 0.05) is 27.6 Å². The first-order valence-electron chi connectivity index (χ1n) is 10.8. The minimum absolute atomic E-state index is 0.00896. The van der Waals surface area contributed by atoms with Crippen LogP contribution in [0.25, 0.3) is 0 Å². The highest BCUT2D eigenvalue weighted by Gasteiger charge is 2.35. The molecule has 2 aromatic carbocycles. The highest BCUT2D eigenvalue weighted by molar-refractivity contribution is 7.98. The molecule has 2 N–H and O–H groups in total. The highest BCUT2D eigenvalue weighted by Crippen LogP contribution is 2.43. The topological polar surface area (TPSA) is 61.8 Å². The van der Waals surface area contributed by atoms with Crippen LogP contribution in [0.15, 0.2) is 52.3 Å². The van der Waals surface area contributed by atoms with Gasteiger partial charge in [-0.05, 0) is 60.9 Å². The Bertz CT molecular complexity index is 879. The monoisotopic (exact) mass is 460 g/mol. The Labute approximate surface area is 194 Å². The second kappa shape index (κ2) is 11.3. The number of hydrogen-bond acceptors (Lipinski definition) is 6. The van der Waals surface area contributed by atoms with Crippen LogP contribution in [0.3, 0.4) is 0 Å². The van der Waals surface area contributed by atoms with E-state index in [0.29, 0.717) is 0 Å². The molecule has 2 aromatic rings. The third kappa shape index (κ3) is 5.98. The molecule has 0 amide bonds. The van der Waals surface area contributed by atoms with Gasteiger partial charge in [0.25, 0.3) is 0 Å². The molecule has 5 nitrogen and oxygen atoms in total. The predicted octanol–water partition coefficient (Wildman–Crippen LogP) is 6.10. The van der Waals surface area contributed by atoms with Crippen molar-refractivity contribution in [3.63, 3.8) is 0 Å². The lowest BCUT2D eigenvalue weighted by molar-refractivity contribution is -0.142. The van der Waals surface area contributed by atoms with Gasteiger partial charge in [-0.15, -0.1) is 11.8 Å². The number of unbranched alkanes of at least 4 members (excludes halogenated alkanes) is 1. The lowest BCUT2D eigenvalue weighted by Crippen LogP contribution is -2.48. The van der Waals surface area contributed by atoms with Gasteiger partial charge in [0.05, 0.1) is 12.3 Å². The number of benzene rings is 2. The summed E-state index contributed by atoms with van der Waals surface area (Å²) in [6, 6.07) is 14.9. The van der Waals surface area contributed by atoms with Crippen LogP contribution in [0.1, 0.15) is 45.1 Å². The number of carbonyl (C=O) groups is 1. The zero-order chi connectivity index (χ0) is 22.3. The number of rotatable bonds is 10. The Balaban J connectivity index is 2.03. The van der Waals surface area contributed by atoms with Crippen LogP contribution < -0.4 is 9.62 Å². The summed E-state index contributed by atoms with van der Waals surface area (Å²) < 4.78 is 9.22. The van der Waals surface area contributed by atoms with Gasteiger partial charge in [0.15, 0.2) is 0 Å². The number of thioether (sulfide) groups is 1. The first-order valence-corrected chi connectivity index (χ1v) is 12.8. The van der Waals surface area contributed by atoms with Gasteiger partial charge in [0.1, 0.15) is 6.61 Å². The molecule has 7 heteroatoms. The standard InChI is InChI=1S/C24H32N2O3S2/c1-4-6-12-24(5-2)17-26(19-10-8-7-9-11-19)20-14-21(30-3)18(13-22(20)31-25-24)15-29-16-23(27)28/h7-11,13-14,25H,4-6,12,15-17H2,1-3H3,(H,27,28). The molecule has 0 radical (unpaired) electrons. The number of fused-ring (bicyclic) bond motifs is 1. The van der Waals surface area contributed by atoms with Gasteiger partial charge in [-0.2, -0.15) is 0 Å². The molecule has 1 aliphatic heterocycles. The Morgan fingerprint density at radius 2 is 2.06 bits per heavy atom. The van der Waals surface area contributed by atoms with Crippen molar-refractivity contribution >= 4 is 41.1 Å². The van der Waals surface area contributed by atoms with Gasteiger partial charge in [0.2, 0.25) is 0 Å². The van der Waals surface area contributed by atoms with Crippen molar-refractivity contribution in [1.29, 1.82) is 0 Å². The number of anilines is 2. The molecule has 1 atom stereocenters. The van der Waals surface area contributed by atoms with Crippen molar-refractivity contribution < 1.29 is 14.6 Å². The van der Waals surface area contributed by atoms with Crippen LogP contribution in [-0.4, -0.2) is 36.0 Å². The summed E-state index contributed by atoms with van der Waals surface area (Å²) in [5, 5.41) is 8.91. The van der Waals surface area contributed by atoms with Gasteiger partial charge in [-0.3, -0.25) is 4.72 Å². The Morgan fingerprint density at radius 1 is 1.29 bits per heavy atom. The van der Waals surface area contributed by atoms with Crippen LogP contribution >= 0.6 is 23.7 Å². The summed E-state index contributed by atoms with van der Waals surface area (Å²) in [7, 11) is 0. The fourth-order valence-electron chi connectivity index (χ4n) is 3.86. The summed E-state index contributed by atoms with van der Waals surface area (Å²) in [6.45, 7) is 5.40. The third-order valence-electron chi connectivity index (χ3n) is 5.73. The molecule has 31 heavy (non-hydrogen) atoms. The number of carboxylic acids is 1. The normalized spacial score (nSPS) is 18.5. The molecule has 0 saturated carbocycles. The van der Waals surface area contributed by atoms with Crippen LogP contribution in [-0.2, 0) is 16.1 Å². The van der Waals surface area contributed by atoms with Crippen molar-refractivity contribution in [3.05, 3.63) is 48.0 Å². The van der Waals surface area contributed by atoms with E-state index in [2.05, 4.69) is 72.2 Å². The maximum Gasteiger partial charge on any atom is 0.329 e. The zero-order valence-corrected chi connectivity index (χ0v) is 20.2. The predicted molar refractivity (Wildman–Crippen MR) is 131 cm³/mol. The van der Waals surface area contributed by atoms with E-state index in [1.165, 1.54) is 24.2 Å². The van der Waals surface area contributed by atoms with Crippen LogP contribution in [0.2, 0.25) is 0 Å². The average Bonchev–Trinajstić information content (AvgIpc) is 2.95. The average molecular weight is 461 g/mol. The largest absolute Gasteiger partial charge is 0.480 e. The van der Waals surface area contributed by atoms with Gasteiger partial charge in [-0.1, -0.05) is 44.9 Å². The molecular formula is C24H32N2O3S2. The van der Waals surface area contributed by atoms with E-state index in [1.54, 1.807) is 23.7 Å². The van der Waals surface area contributed by atoms with E-state index in [9.17, 15) is 4.79 Å².